The van der Waals surface area contributed by atoms with E-state index in [1.807, 2.05) is 26.8 Å². The number of hydrogen-bond acceptors (Lipinski definition) is 5. The van der Waals surface area contributed by atoms with Gasteiger partial charge in [0.2, 0.25) is 6.79 Å². The summed E-state index contributed by atoms with van der Waals surface area (Å²) in [7, 11) is 0. The highest BCUT2D eigenvalue weighted by Crippen LogP contribution is 2.37. The van der Waals surface area contributed by atoms with Gasteiger partial charge in [-0.25, -0.2) is 0 Å². The first kappa shape index (κ1) is 25.9. The molecule has 1 aliphatic heterocycles. The van der Waals surface area contributed by atoms with Crippen LogP contribution in [-0.4, -0.2) is 48.3 Å². The fourth-order valence-corrected chi connectivity index (χ4v) is 3.65. The van der Waals surface area contributed by atoms with Crippen LogP contribution in [0.1, 0.15) is 59.9 Å². The molecule has 7 heteroatoms. The molecule has 0 saturated carbocycles. The summed E-state index contributed by atoms with van der Waals surface area (Å²) in [5, 5.41) is 0.618. The molecule has 5 nitrogen and oxygen atoms in total. The van der Waals surface area contributed by atoms with E-state index in [-0.39, 0.29) is 26.2 Å². The van der Waals surface area contributed by atoms with Crippen molar-refractivity contribution >= 4 is 29.2 Å². The van der Waals surface area contributed by atoms with E-state index in [1.54, 1.807) is 6.07 Å². The molecule has 1 heterocycles. The van der Waals surface area contributed by atoms with Crippen LogP contribution in [-0.2, 0) is 16.0 Å². The van der Waals surface area contributed by atoms with Crippen molar-refractivity contribution in [1.82, 2.24) is 4.90 Å². The van der Waals surface area contributed by atoms with Crippen LogP contribution < -0.4 is 9.47 Å². The molecule has 0 amide bonds. The molecule has 166 valence electrons. The van der Waals surface area contributed by atoms with Crippen LogP contribution in [0.2, 0.25) is 5.02 Å². The molecule has 1 aromatic rings. The van der Waals surface area contributed by atoms with Gasteiger partial charge in [0.1, 0.15) is 5.60 Å². The van der Waals surface area contributed by atoms with Crippen LogP contribution in [0.15, 0.2) is 12.1 Å². The van der Waals surface area contributed by atoms with E-state index in [0.717, 1.165) is 31.5 Å². The maximum atomic E-state index is 12.6. The fourth-order valence-electron chi connectivity index (χ4n) is 3.30. The summed E-state index contributed by atoms with van der Waals surface area (Å²) in [6.45, 7) is 9.68. The van der Waals surface area contributed by atoms with Crippen LogP contribution in [0.5, 0.6) is 11.5 Å². The van der Waals surface area contributed by atoms with Crippen molar-refractivity contribution < 1.29 is 19.0 Å². The van der Waals surface area contributed by atoms with Gasteiger partial charge in [0.05, 0.1) is 6.42 Å². The highest BCUT2D eigenvalue weighted by atomic mass is 35.5. The summed E-state index contributed by atoms with van der Waals surface area (Å²) in [4.78, 5) is 14.9. The summed E-state index contributed by atoms with van der Waals surface area (Å²) < 4.78 is 16.5. The van der Waals surface area contributed by atoms with Gasteiger partial charge in [0.25, 0.3) is 0 Å². The maximum Gasteiger partial charge on any atom is 0.307 e. The monoisotopic (exact) mass is 447 g/mol. The van der Waals surface area contributed by atoms with E-state index in [9.17, 15) is 4.79 Å². The summed E-state index contributed by atoms with van der Waals surface area (Å²) in [5.74, 6) is 1.73. The Labute approximate surface area is 185 Å². The maximum absolute atomic E-state index is 12.6. The number of carbonyl (C=O) groups is 1. The van der Waals surface area contributed by atoms with E-state index < -0.39 is 5.60 Å². The standard InChI is InChI=1S/C21H31Cl2NO4.CH4/c1-5-8-24(9-6-7-22)16(12-20(25)28-21(2,3)4)10-15-11-18-19(13-17(15)23)27-14-26-18;/h11,13,16H,5-10,12,14H2,1-4H3;1H4/t16-;/m1./s1. The Morgan fingerprint density at radius 1 is 1.24 bits per heavy atom. The molecule has 0 bridgehead atoms. The van der Waals surface area contributed by atoms with Crippen molar-refractivity contribution in [2.24, 2.45) is 0 Å². The summed E-state index contributed by atoms with van der Waals surface area (Å²) in [5.41, 5.74) is 0.426. The number of nitrogens with zero attached hydrogens (tertiary/aromatic N) is 1. The highest BCUT2D eigenvalue weighted by Gasteiger charge is 2.27. The number of benzene rings is 1. The number of esters is 1. The summed E-state index contributed by atoms with van der Waals surface area (Å²) in [6.07, 6.45) is 2.77. The van der Waals surface area contributed by atoms with Gasteiger partial charge in [0.15, 0.2) is 11.5 Å². The zero-order chi connectivity index (χ0) is 20.7. The van der Waals surface area contributed by atoms with Gasteiger partial charge in [-0.15, -0.1) is 11.6 Å². The zero-order valence-electron chi connectivity index (χ0n) is 17.2. The molecule has 1 aromatic carbocycles. The first-order valence-corrected chi connectivity index (χ1v) is 10.7. The average molecular weight is 448 g/mol. The van der Waals surface area contributed by atoms with E-state index in [0.29, 0.717) is 35.2 Å². The largest absolute Gasteiger partial charge is 0.460 e. The fraction of sp³-hybridized carbons (Fsp3) is 0.682. The van der Waals surface area contributed by atoms with Crippen molar-refractivity contribution in [2.45, 2.75) is 72.4 Å². The van der Waals surface area contributed by atoms with Crippen LogP contribution in [0.4, 0.5) is 0 Å². The molecule has 0 saturated heterocycles. The van der Waals surface area contributed by atoms with Gasteiger partial charge in [-0.1, -0.05) is 26.0 Å². The van der Waals surface area contributed by atoms with E-state index >= 15 is 0 Å². The number of carbonyl (C=O) groups excluding carboxylic acids is 1. The Morgan fingerprint density at radius 2 is 1.90 bits per heavy atom. The lowest BCUT2D eigenvalue weighted by Crippen LogP contribution is -2.41. The second-order valence-electron chi connectivity index (χ2n) is 8.02. The van der Waals surface area contributed by atoms with Crippen molar-refractivity contribution in [2.75, 3.05) is 25.8 Å². The molecule has 0 N–H and O–H groups in total. The van der Waals surface area contributed by atoms with Crippen LogP contribution in [0, 0.1) is 0 Å². The number of rotatable bonds is 10. The molecule has 1 aliphatic rings. The predicted octanol–water partition coefficient (Wildman–Crippen LogP) is 5.69. The average Bonchev–Trinajstić information content (AvgIpc) is 3.03. The van der Waals surface area contributed by atoms with Gasteiger partial charge in [-0.3, -0.25) is 9.69 Å². The normalized spacial score (nSPS) is 13.9. The van der Waals surface area contributed by atoms with Crippen molar-refractivity contribution in [1.29, 1.82) is 0 Å². The van der Waals surface area contributed by atoms with E-state index in [2.05, 4.69) is 11.8 Å². The summed E-state index contributed by atoms with van der Waals surface area (Å²) >= 11 is 12.4. The lowest BCUT2D eigenvalue weighted by Gasteiger charge is -2.32. The topological polar surface area (TPSA) is 48.0 Å². The number of hydrogen-bond donors (Lipinski definition) is 0. The number of ether oxygens (including phenoxy) is 3. The van der Waals surface area contributed by atoms with Gasteiger partial charge >= 0.3 is 5.97 Å². The molecule has 0 aliphatic carbocycles. The van der Waals surface area contributed by atoms with Gasteiger partial charge in [-0.2, -0.15) is 0 Å². The first-order valence-electron chi connectivity index (χ1n) is 9.83. The van der Waals surface area contributed by atoms with E-state index in [4.69, 9.17) is 37.4 Å². The Balaban J connectivity index is 0.00000420. The Kier molecular flexibility index (Phi) is 10.6. The van der Waals surface area contributed by atoms with Crippen LogP contribution >= 0.6 is 23.2 Å². The number of fused-ring (bicyclic) bond motifs is 1. The van der Waals surface area contributed by atoms with Gasteiger partial charge < -0.3 is 14.2 Å². The van der Waals surface area contributed by atoms with Crippen molar-refractivity contribution in [3.05, 3.63) is 22.7 Å². The van der Waals surface area contributed by atoms with Gasteiger partial charge in [-0.05, 0) is 64.8 Å². The lowest BCUT2D eigenvalue weighted by molar-refractivity contribution is -0.156. The molecule has 0 radical (unpaired) electrons. The Hall–Kier alpha value is -1.17. The van der Waals surface area contributed by atoms with Crippen LogP contribution in [0.25, 0.3) is 0 Å². The van der Waals surface area contributed by atoms with E-state index in [1.165, 1.54) is 0 Å². The predicted molar refractivity (Wildman–Crippen MR) is 119 cm³/mol. The lowest BCUT2D eigenvalue weighted by atomic mass is 10.00. The highest BCUT2D eigenvalue weighted by molar-refractivity contribution is 6.31. The van der Waals surface area contributed by atoms with Crippen molar-refractivity contribution in [3.63, 3.8) is 0 Å². The molecular formula is C22H35Cl2NO4. The molecular weight excluding hydrogens is 413 g/mol. The first-order chi connectivity index (χ1) is 13.2. The second-order valence-corrected chi connectivity index (χ2v) is 8.81. The van der Waals surface area contributed by atoms with Gasteiger partial charge in [0, 0.05) is 23.0 Å². The molecule has 0 spiro atoms. The smallest absolute Gasteiger partial charge is 0.307 e. The molecule has 0 fully saturated rings. The third kappa shape index (κ3) is 8.23. The minimum absolute atomic E-state index is 0. The zero-order valence-corrected chi connectivity index (χ0v) is 18.7. The van der Waals surface area contributed by atoms with Crippen molar-refractivity contribution in [3.8, 4) is 11.5 Å². The molecule has 29 heavy (non-hydrogen) atoms. The Morgan fingerprint density at radius 3 is 2.48 bits per heavy atom. The number of halogens is 2. The summed E-state index contributed by atoms with van der Waals surface area (Å²) in [6, 6.07) is 3.67. The minimum Gasteiger partial charge on any atom is -0.460 e. The SMILES string of the molecule is C.CCCN(CCCCl)[C@@H](CC(=O)OC(C)(C)C)Cc1cc2c(cc1Cl)OCO2. The third-order valence-electron chi connectivity index (χ3n) is 4.43. The second kappa shape index (κ2) is 11.9. The quantitative estimate of drug-likeness (QED) is 0.340. The molecule has 0 aromatic heterocycles. The minimum atomic E-state index is -0.510. The molecule has 0 unspecified atom stereocenters. The number of alkyl halides is 1. The van der Waals surface area contributed by atoms with Crippen LogP contribution in [0.3, 0.4) is 0 Å². The Bertz CT molecular complexity index is 661. The molecule has 1 atom stereocenters. The third-order valence-corrected chi connectivity index (χ3v) is 5.04. The molecule has 2 rings (SSSR count).